The highest BCUT2D eigenvalue weighted by molar-refractivity contribution is 5.87. The van der Waals surface area contributed by atoms with E-state index in [-0.39, 0.29) is 0 Å². The van der Waals surface area contributed by atoms with Crippen molar-refractivity contribution in [2.75, 3.05) is 0 Å². The molecule has 8 aliphatic carbocycles. The first kappa shape index (κ1) is 44.0. The van der Waals surface area contributed by atoms with Crippen LogP contribution in [0, 0.1) is 59.2 Å². The van der Waals surface area contributed by atoms with Crippen molar-refractivity contribution in [1.29, 1.82) is 0 Å². The molecule has 4 aliphatic heterocycles. The van der Waals surface area contributed by atoms with Gasteiger partial charge in [-0.25, -0.2) is 0 Å². The first-order valence-electron chi connectivity index (χ1n) is 29.1. The quantitative estimate of drug-likeness (QED) is 0.153. The Morgan fingerprint density at radius 1 is 0.344 bits per heavy atom. The number of hydrogen-bond donors (Lipinski definition) is 6. The molecule has 0 radical (unpaired) electrons. The van der Waals surface area contributed by atoms with E-state index in [4.69, 9.17) is 9.98 Å². The Hall–Kier alpha value is -1.22. The van der Waals surface area contributed by atoms with Crippen LogP contribution in [0.1, 0.15) is 206 Å². The molecule has 16 atom stereocenters. The summed E-state index contributed by atoms with van der Waals surface area (Å²) in [4.78, 5) is 10.5. The second-order valence-corrected chi connectivity index (χ2v) is 25.8. The number of piperazine rings is 2. The molecule has 358 valence electrons. The molecule has 8 saturated carbocycles. The highest BCUT2D eigenvalue weighted by atomic mass is 15.2. The molecule has 12 rings (SSSR count). The summed E-state index contributed by atoms with van der Waals surface area (Å²) in [6.07, 6.45) is 42.5. The van der Waals surface area contributed by atoms with Gasteiger partial charge in [0.05, 0.1) is 17.9 Å². The van der Waals surface area contributed by atoms with E-state index in [0.29, 0.717) is 78.4 Å². The lowest BCUT2D eigenvalue weighted by atomic mass is 9.64. The molecule has 16 unspecified atom stereocenters. The molecule has 8 nitrogen and oxygen atoms in total. The van der Waals surface area contributed by atoms with Crippen LogP contribution in [0.15, 0.2) is 9.98 Å². The lowest BCUT2D eigenvalue weighted by molar-refractivity contribution is 0.0270. The lowest BCUT2D eigenvalue weighted by Gasteiger charge is -2.55. The van der Waals surface area contributed by atoms with Gasteiger partial charge in [-0.3, -0.25) is 9.98 Å². The third kappa shape index (κ3) is 9.07. The predicted octanol–water partition coefficient (Wildman–Crippen LogP) is 9.81. The van der Waals surface area contributed by atoms with Crippen LogP contribution in [0.4, 0.5) is 0 Å². The van der Waals surface area contributed by atoms with Crippen molar-refractivity contribution in [2.45, 2.75) is 279 Å². The summed E-state index contributed by atoms with van der Waals surface area (Å²) < 4.78 is 0. The zero-order chi connectivity index (χ0) is 42.7. The van der Waals surface area contributed by atoms with Gasteiger partial charge in [0.15, 0.2) is 0 Å². The number of fused-ring (bicyclic) bond motifs is 4. The molecule has 0 aromatic rings. The Morgan fingerprint density at radius 2 is 0.781 bits per heavy atom. The van der Waals surface area contributed by atoms with Crippen LogP contribution in [-0.4, -0.2) is 84.2 Å². The Kier molecular flexibility index (Phi) is 13.3. The van der Waals surface area contributed by atoms with E-state index in [0.717, 1.165) is 53.3 Å². The lowest BCUT2D eigenvalue weighted by Crippen LogP contribution is -2.72. The highest BCUT2D eigenvalue weighted by Gasteiger charge is 2.51. The topological polar surface area (TPSA) is 96.9 Å². The van der Waals surface area contributed by atoms with Gasteiger partial charge in [-0.15, -0.1) is 0 Å². The molecule has 64 heavy (non-hydrogen) atoms. The molecule has 0 aromatic carbocycles. The van der Waals surface area contributed by atoms with E-state index in [2.05, 4.69) is 45.7 Å². The van der Waals surface area contributed by atoms with Gasteiger partial charge in [-0.05, 0) is 201 Å². The fourth-order valence-corrected chi connectivity index (χ4v) is 18.6. The van der Waals surface area contributed by atoms with E-state index in [9.17, 15) is 0 Å². The number of hydrogen-bond acceptors (Lipinski definition) is 8. The van der Waals surface area contributed by atoms with Crippen LogP contribution in [0.2, 0.25) is 0 Å². The monoisotopic (exact) mass is 879 g/mol. The average molecular weight is 879 g/mol. The Bertz CT molecular complexity index is 1620. The summed E-state index contributed by atoms with van der Waals surface area (Å²) in [5.41, 5.74) is 0. The van der Waals surface area contributed by atoms with Crippen molar-refractivity contribution in [3.63, 3.8) is 0 Å². The first-order valence-corrected chi connectivity index (χ1v) is 29.1. The van der Waals surface area contributed by atoms with E-state index < -0.39 is 0 Å². The minimum atomic E-state index is 0.550. The number of rotatable bonds is 7. The summed E-state index contributed by atoms with van der Waals surface area (Å²) in [6.45, 7) is 4.63. The van der Waals surface area contributed by atoms with Gasteiger partial charge >= 0.3 is 0 Å². The highest BCUT2D eigenvalue weighted by Crippen LogP contribution is 2.47. The van der Waals surface area contributed by atoms with Crippen molar-refractivity contribution in [2.24, 2.45) is 69.2 Å². The normalized spacial score (nSPS) is 50.4. The minimum Gasteiger partial charge on any atom is -0.369 e. The summed E-state index contributed by atoms with van der Waals surface area (Å²) >= 11 is 0. The van der Waals surface area contributed by atoms with Gasteiger partial charge in [-0.2, -0.15) is 0 Å². The Morgan fingerprint density at radius 3 is 1.33 bits per heavy atom. The number of amidine groups is 2. The van der Waals surface area contributed by atoms with Gasteiger partial charge in [-0.1, -0.05) is 58.3 Å². The molecule has 0 amide bonds. The average Bonchev–Trinajstić information content (AvgIpc) is 3.96. The molecule has 8 heteroatoms. The summed E-state index contributed by atoms with van der Waals surface area (Å²) in [7, 11) is 0. The molecule has 0 spiro atoms. The SMILES string of the molecule is CC1=NC2CCC(C3CCC4NC(C5CCC(C6NC7CC(C8CCC9NC(C%10CCC(C)CC%10)=NC9C8)CCC7NC6C6CCCCC6)CC5)C(C5CCCCC5)NC4C3)CC2N1. The maximum Gasteiger partial charge on any atom is 0.100 e. The Labute approximate surface area is 390 Å². The van der Waals surface area contributed by atoms with Crippen molar-refractivity contribution >= 4 is 11.7 Å². The molecular formula is C56H94N8. The van der Waals surface area contributed by atoms with Crippen LogP contribution in [0.5, 0.6) is 0 Å². The van der Waals surface area contributed by atoms with E-state index in [1.54, 1.807) is 0 Å². The van der Waals surface area contributed by atoms with Crippen molar-refractivity contribution < 1.29 is 0 Å². The standard InChI is InChI=1S/C56H94N8/c1-33-13-15-39(16-14-33)56-63-47-28-24-43(32-51(47)64-56)42-23-26-45-50(31-42)62-55(52(59-45)35-9-5-3-6-10-35)38-19-17-37(18-20-38)54-53(36-11-7-4-8-12-36)61-49-30-41(22-27-46(49)60-54)40-21-25-44-48(29-40)58-34(2)57-44/h33,35-55,59-62H,3-32H2,1-2H3,(H,57,58)(H,63,64). The Balaban J connectivity index is 0.693. The van der Waals surface area contributed by atoms with Gasteiger partial charge in [0.25, 0.3) is 0 Å². The fraction of sp³-hybridized carbons (Fsp3) is 0.964. The summed E-state index contributed by atoms with van der Waals surface area (Å²) in [5.74, 6) is 11.2. The first-order chi connectivity index (χ1) is 31.5. The maximum atomic E-state index is 5.51. The smallest absolute Gasteiger partial charge is 0.100 e. The van der Waals surface area contributed by atoms with E-state index in [1.807, 2.05) is 0 Å². The summed E-state index contributed by atoms with van der Waals surface area (Å²) in [6, 6.07) is 7.75. The van der Waals surface area contributed by atoms with Crippen molar-refractivity contribution in [1.82, 2.24) is 31.9 Å². The molecule has 12 aliphatic rings. The zero-order valence-electron chi connectivity index (χ0n) is 40.8. The van der Waals surface area contributed by atoms with Gasteiger partial charge in [0.1, 0.15) is 5.84 Å². The number of nitrogens with one attached hydrogen (secondary N) is 6. The molecular weight excluding hydrogens is 785 g/mol. The zero-order valence-corrected chi connectivity index (χ0v) is 40.8. The molecule has 2 saturated heterocycles. The molecule has 0 aromatic heterocycles. The third-order valence-electron chi connectivity index (χ3n) is 22.2. The van der Waals surface area contributed by atoms with Crippen LogP contribution < -0.4 is 31.9 Å². The van der Waals surface area contributed by atoms with Crippen molar-refractivity contribution in [3.05, 3.63) is 0 Å². The van der Waals surface area contributed by atoms with Gasteiger partial charge in [0.2, 0.25) is 0 Å². The minimum absolute atomic E-state index is 0.550. The molecule has 0 bridgehead atoms. The van der Waals surface area contributed by atoms with Crippen LogP contribution >= 0.6 is 0 Å². The van der Waals surface area contributed by atoms with E-state index in [1.165, 1.54) is 204 Å². The fourth-order valence-electron chi connectivity index (χ4n) is 18.6. The number of aliphatic imine (C=N–C) groups is 2. The second kappa shape index (κ2) is 19.3. The molecule has 6 N–H and O–H groups in total. The van der Waals surface area contributed by atoms with Crippen LogP contribution in [0.25, 0.3) is 0 Å². The predicted molar refractivity (Wildman–Crippen MR) is 264 cm³/mol. The third-order valence-corrected chi connectivity index (χ3v) is 22.2. The molecule has 4 heterocycles. The second-order valence-electron chi connectivity index (χ2n) is 25.8. The van der Waals surface area contributed by atoms with Crippen LogP contribution in [-0.2, 0) is 0 Å². The van der Waals surface area contributed by atoms with Gasteiger partial charge < -0.3 is 31.9 Å². The van der Waals surface area contributed by atoms with Gasteiger partial charge in [0, 0.05) is 66.3 Å². The van der Waals surface area contributed by atoms with Crippen LogP contribution in [0.3, 0.4) is 0 Å². The van der Waals surface area contributed by atoms with Crippen molar-refractivity contribution in [3.8, 4) is 0 Å². The van der Waals surface area contributed by atoms with E-state index >= 15 is 0 Å². The largest absolute Gasteiger partial charge is 0.369 e. The number of nitrogens with zero attached hydrogens (tertiary/aromatic N) is 2. The summed E-state index contributed by atoms with van der Waals surface area (Å²) in [5, 5.41) is 26.1. The maximum absolute atomic E-state index is 5.51. The molecule has 10 fully saturated rings.